The van der Waals surface area contributed by atoms with Gasteiger partial charge >= 0.3 is 0 Å². The van der Waals surface area contributed by atoms with Gasteiger partial charge in [0, 0.05) is 34.3 Å². The smallest absolute Gasteiger partial charge is 0.258 e. The van der Waals surface area contributed by atoms with Crippen molar-refractivity contribution >= 4 is 51.6 Å². The number of halogens is 1. The van der Waals surface area contributed by atoms with Gasteiger partial charge in [-0.1, -0.05) is 66.2 Å². The van der Waals surface area contributed by atoms with Crippen molar-refractivity contribution in [2.75, 3.05) is 16.8 Å². The minimum atomic E-state index is -0.278. The molecule has 0 unspecified atom stereocenters. The van der Waals surface area contributed by atoms with Crippen molar-refractivity contribution in [3.05, 3.63) is 113 Å². The normalized spacial score (nSPS) is 11.0. The lowest BCUT2D eigenvalue weighted by Crippen LogP contribution is -2.30. The van der Waals surface area contributed by atoms with E-state index in [1.807, 2.05) is 67.6 Å². The molecule has 0 atom stereocenters. The molecule has 4 aromatic carbocycles. The Balaban J connectivity index is 1.48. The first kappa shape index (κ1) is 22.3. The second kappa shape index (κ2) is 10.2. The Morgan fingerprint density at radius 3 is 2.33 bits per heavy atom. The topological polar surface area (TPSA) is 49.4 Å². The number of rotatable bonds is 6. The van der Waals surface area contributed by atoms with Crippen LogP contribution in [0.2, 0.25) is 5.02 Å². The summed E-state index contributed by atoms with van der Waals surface area (Å²) in [5, 5.41) is 5.50. The van der Waals surface area contributed by atoms with Crippen LogP contribution in [0.5, 0.6) is 0 Å². The van der Waals surface area contributed by atoms with Crippen LogP contribution < -0.4 is 10.2 Å². The number of carbonyl (C=O) groups excluding carboxylic acids is 2. The van der Waals surface area contributed by atoms with E-state index in [9.17, 15) is 9.59 Å². The molecule has 0 aromatic heterocycles. The molecule has 0 saturated carbocycles. The van der Waals surface area contributed by atoms with Crippen molar-refractivity contribution < 1.29 is 9.59 Å². The summed E-state index contributed by atoms with van der Waals surface area (Å²) in [6.07, 6.45) is 3.10. The van der Waals surface area contributed by atoms with Gasteiger partial charge in [0.05, 0.1) is 5.69 Å². The number of nitrogens with zero attached hydrogens (tertiary/aromatic N) is 1. The molecule has 0 heterocycles. The standard InChI is InChI=1S/C28H23ClN2O2/c1-2-31(26-13-7-10-20-8-3-5-11-24(20)26)28(33)22-14-17-23(18-15-22)30-27(32)19-16-21-9-4-6-12-25(21)29/h3-19H,2H2,1H3,(H,30,32)/b19-16+. The lowest BCUT2D eigenvalue weighted by Gasteiger charge is -2.23. The molecule has 0 spiro atoms. The fourth-order valence-corrected chi connectivity index (χ4v) is 3.88. The molecular weight excluding hydrogens is 432 g/mol. The van der Waals surface area contributed by atoms with Gasteiger partial charge in [-0.3, -0.25) is 9.59 Å². The summed E-state index contributed by atoms with van der Waals surface area (Å²) in [5.41, 5.74) is 2.80. The van der Waals surface area contributed by atoms with E-state index in [1.54, 1.807) is 41.3 Å². The van der Waals surface area contributed by atoms with Crippen LogP contribution >= 0.6 is 11.6 Å². The first-order chi connectivity index (χ1) is 16.1. The molecular formula is C28H23ClN2O2. The Morgan fingerprint density at radius 2 is 1.58 bits per heavy atom. The van der Waals surface area contributed by atoms with Gasteiger partial charge in [0.1, 0.15) is 0 Å². The van der Waals surface area contributed by atoms with Crippen LogP contribution in [0.25, 0.3) is 16.8 Å². The number of carbonyl (C=O) groups is 2. The number of nitrogens with one attached hydrogen (secondary N) is 1. The maximum Gasteiger partial charge on any atom is 0.258 e. The summed E-state index contributed by atoms with van der Waals surface area (Å²) in [6, 6.07) is 28.2. The lowest BCUT2D eigenvalue weighted by atomic mass is 10.1. The number of benzene rings is 4. The van der Waals surface area contributed by atoms with Crippen molar-refractivity contribution in [2.45, 2.75) is 6.92 Å². The zero-order chi connectivity index (χ0) is 23.2. The molecule has 1 N–H and O–H groups in total. The van der Waals surface area contributed by atoms with Gasteiger partial charge in [0.2, 0.25) is 5.91 Å². The quantitative estimate of drug-likeness (QED) is 0.325. The molecule has 0 aliphatic rings. The molecule has 4 rings (SSSR count). The fourth-order valence-electron chi connectivity index (χ4n) is 3.68. The Morgan fingerprint density at radius 1 is 0.879 bits per heavy atom. The molecule has 2 amide bonds. The van der Waals surface area contributed by atoms with E-state index in [1.165, 1.54) is 6.08 Å². The van der Waals surface area contributed by atoms with Gasteiger partial charge in [-0.25, -0.2) is 0 Å². The molecule has 164 valence electrons. The highest BCUT2D eigenvalue weighted by molar-refractivity contribution is 6.32. The molecule has 0 aliphatic heterocycles. The predicted molar refractivity (Wildman–Crippen MR) is 137 cm³/mol. The van der Waals surface area contributed by atoms with Gasteiger partial charge in [-0.2, -0.15) is 0 Å². The largest absolute Gasteiger partial charge is 0.323 e. The zero-order valence-electron chi connectivity index (χ0n) is 18.2. The predicted octanol–water partition coefficient (Wildman–Crippen LogP) is 6.81. The van der Waals surface area contributed by atoms with Gasteiger partial charge in [-0.15, -0.1) is 0 Å². The Hall–Kier alpha value is -3.89. The number of amides is 2. The van der Waals surface area contributed by atoms with E-state index in [0.717, 1.165) is 22.0 Å². The highest BCUT2D eigenvalue weighted by atomic mass is 35.5. The van der Waals surface area contributed by atoms with Crippen LogP contribution in [-0.2, 0) is 4.79 Å². The molecule has 5 heteroatoms. The minimum Gasteiger partial charge on any atom is -0.323 e. The van der Waals surface area contributed by atoms with Crippen LogP contribution in [-0.4, -0.2) is 18.4 Å². The van der Waals surface area contributed by atoms with E-state index >= 15 is 0 Å². The molecule has 4 aromatic rings. The summed E-state index contributed by atoms with van der Waals surface area (Å²) in [4.78, 5) is 27.3. The van der Waals surface area contributed by atoms with Crippen LogP contribution in [0.15, 0.2) is 97.1 Å². The fraction of sp³-hybridized carbons (Fsp3) is 0.0714. The van der Waals surface area contributed by atoms with Crippen LogP contribution in [0.4, 0.5) is 11.4 Å². The van der Waals surface area contributed by atoms with Crippen molar-refractivity contribution in [2.24, 2.45) is 0 Å². The summed E-state index contributed by atoms with van der Waals surface area (Å²) < 4.78 is 0. The van der Waals surface area contributed by atoms with E-state index in [2.05, 4.69) is 5.32 Å². The molecule has 0 bridgehead atoms. The zero-order valence-corrected chi connectivity index (χ0v) is 18.9. The highest BCUT2D eigenvalue weighted by Crippen LogP contribution is 2.28. The van der Waals surface area contributed by atoms with Gasteiger partial charge in [0.15, 0.2) is 0 Å². The molecule has 0 fully saturated rings. The van der Waals surface area contributed by atoms with Crippen molar-refractivity contribution in [1.29, 1.82) is 0 Å². The lowest BCUT2D eigenvalue weighted by molar-refractivity contribution is -0.111. The van der Waals surface area contributed by atoms with Gasteiger partial charge in [-0.05, 0) is 60.3 Å². The summed E-state index contributed by atoms with van der Waals surface area (Å²) >= 11 is 6.11. The minimum absolute atomic E-state index is 0.0923. The number of hydrogen-bond donors (Lipinski definition) is 1. The maximum atomic E-state index is 13.3. The Labute approximate surface area is 198 Å². The number of hydrogen-bond acceptors (Lipinski definition) is 2. The first-order valence-electron chi connectivity index (χ1n) is 10.7. The Kier molecular flexibility index (Phi) is 6.86. The molecule has 0 saturated heterocycles. The summed E-state index contributed by atoms with van der Waals surface area (Å²) in [5.74, 6) is -0.370. The van der Waals surface area contributed by atoms with Crippen molar-refractivity contribution in [3.8, 4) is 0 Å². The molecule has 33 heavy (non-hydrogen) atoms. The highest BCUT2D eigenvalue weighted by Gasteiger charge is 2.18. The first-order valence-corrected chi connectivity index (χ1v) is 11.1. The van der Waals surface area contributed by atoms with E-state index < -0.39 is 0 Å². The SMILES string of the molecule is CCN(C(=O)c1ccc(NC(=O)/C=C/c2ccccc2Cl)cc1)c1cccc2ccccc12. The maximum absolute atomic E-state index is 13.3. The third kappa shape index (κ3) is 5.13. The van der Waals surface area contributed by atoms with Crippen molar-refractivity contribution in [3.63, 3.8) is 0 Å². The third-order valence-electron chi connectivity index (χ3n) is 5.34. The van der Waals surface area contributed by atoms with Crippen LogP contribution in [0.1, 0.15) is 22.8 Å². The second-order valence-corrected chi connectivity index (χ2v) is 7.88. The van der Waals surface area contributed by atoms with E-state index in [4.69, 9.17) is 11.6 Å². The van der Waals surface area contributed by atoms with Gasteiger partial charge in [0.25, 0.3) is 5.91 Å². The second-order valence-electron chi connectivity index (χ2n) is 7.47. The number of fused-ring (bicyclic) bond motifs is 1. The van der Waals surface area contributed by atoms with Crippen molar-refractivity contribution in [1.82, 2.24) is 0 Å². The summed E-state index contributed by atoms with van der Waals surface area (Å²) in [7, 11) is 0. The average molecular weight is 455 g/mol. The molecule has 0 aliphatic carbocycles. The van der Waals surface area contributed by atoms with E-state index in [-0.39, 0.29) is 11.8 Å². The summed E-state index contributed by atoms with van der Waals surface area (Å²) in [6.45, 7) is 2.50. The number of anilines is 2. The Bertz CT molecular complexity index is 1320. The van der Waals surface area contributed by atoms with E-state index in [0.29, 0.717) is 22.8 Å². The van der Waals surface area contributed by atoms with Crippen LogP contribution in [0.3, 0.4) is 0 Å². The third-order valence-corrected chi connectivity index (χ3v) is 5.68. The monoisotopic (exact) mass is 454 g/mol. The van der Waals surface area contributed by atoms with Gasteiger partial charge < -0.3 is 10.2 Å². The average Bonchev–Trinajstić information content (AvgIpc) is 2.84. The molecule has 4 nitrogen and oxygen atoms in total. The van der Waals surface area contributed by atoms with Crippen LogP contribution in [0, 0.1) is 0 Å². The molecule has 0 radical (unpaired) electrons.